The Morgan fingerprint density at radius 1 is 1.31 bits per heavy atom. The Kier molecular flexibility index (Phi) is 3.78. The lowest BCUT2D eigenvalue weighted by Crippen LogP contribution is -2.47. The molecular weight excluding hydrogens is 208 g/mol. The first-order chi connectivity index (χ1) is 7.28. The summed E-state index contributed by atoms with van der Waals surface area (Å²) >= 11 is 0. The third-order valence-electron chi connectivity index (χ3n) is 2.02. The Morgan fingerprint density at radius 2 is 1.88 bits per heavy atom. The largest absolute Gasteiger partial charge is 0.458 e. The second-order valence-corrected chi connectivity index (χ2v) is 5.15. The number of hydrogen-bond donors (Lipinski definition) is 2. The van der Waals surface area contributed by atoms with Crippen molar-refractivity contribution < 1.29 is 14.3 Å². The maximum atomic E-state index is 11.5. The third kappa shape index (κ3) is 5.00. The Bertz CT molecular complexity index is 279. The van der Waals surface area contributed by atoms with E-state index < -0.39 is 17.6 Å². The topological polar surface area (TPSA) is 67.4 Å². The van der Waals surface area contributed by atoms with Gasteiger partial charge in [-0.2, -0.15) is 0 Å². The van der Waals surface area contributed by atoms with Crippen LogP contribution < -0.4 is 10.6 Å². The van der Waals surface area contributed by atoms with E-state index in [-0.39, 0.29) is 12.1 Å². The lowest BCUT2D eigenvalue weighted by molar-refractivity contribution is -0.156. The van der Waals surface area contributed by atoms with E-state index in [1.807, 2.05) is 0 Å². The summed E-state index contributed by atoms with van der Waals surface area (Å²) in [6, 6.07) is -0.648. The summed E-state index contributed by atoms with van der Waals surface area (Å²) < 4.78 is 5.14. The zero-order chi connectivity index (χ0) is 12.3. The fourth-order valence-corrected chi connectivity index (χ4v) is 1.10. The molecule has 0 radical (unpaired) electrons. The van der Waals surface area contributed by atoms with Crippen molar-refractivity contribution in [3.63, 3.8) is 0 Å². The smallest absolute Gasteiger partial charge is 0.328 e. The van der Waals surface area contributed by atoms with Crippen LogP contribution >= 0.6 is 0 Å². The van der Waals surface area contributed by atoms with Crippen LogP contribution in [-0.4, -0.2) is 29.7 Å². The standard InChI is InChI=1S/C11H20N2O3/c1-7(9(14)16-11(2,3)4)12-10(15)13-8-5-6-8/h7-8H,5-6H2,1-4H3,(H2,12,13,15)/t7-/m1/s1. The van der Waals surface area contributed by atoms with Crippen molar-refractivity contribution in [1.82, 2.24) is 10.6 Å². The van der Waals surface area contributed by atoms with E-state index in [1.54, 1.807) is 27.7 Å². The molecule has 2 N–H and O–H groups in total. The van der Waals surface area contributed by atoms with E-state index in [0.29, 0.717) is 0 Å². The van der Waals surface area contributed by atoms with Crippen LogP contribution in [0.25, 0.3) is 0 Å². The minimum atomic E-state index is -0.627. The van der Waals surface area contributed by atoms with Gasteiger partial charge in [0.15, 0.2) is 0 Å². The summed E-state index contributed by atoms with van der Waals surface area (Å²) in [4.78, 5) is 22.9. The highest BCUT2D eigenvalue weighted by atomic mass is 16.6. The summed E-state index contributed by atoms with van der Waals surface area (Å²) in [6.45, 7) is 6.99. The lowest BCUT2D eigenvalue weighted by atomic mass is 10.2. The first-order valence-electron chi connectivity index (χ1n) is 5.58. The van der Waals surface area contributed by atoms with E-state index in [0.717, 1.165) is 12.8 Å². The van der Waals surface area contributed by atoms with Crippen molar-refractivity contribution in [3.8, 4) is 0 Å². The van der Waals surface area contributed by atoms with Crippen LogP contribution in [0.5, 0.6) is 0 Å². The van der Waals surface area contributed by atoms with Crippen LogP contribution in [0.4, 0.5) is 4.79 Å². The van der Waals surface area contributed by atoms with Crippen molar-refractivity contribution in [2.75, 3.05) is 0 Å². The summed E-state index contributed by atoms with van der Waals surface area (Å²) in [5.41, 5.74) is -0.528. The maximum Gasteiger partial charge on any atom is 0.328 e. The number of urea groups is 1. The van der Waals surface area contributed by atoms with Gasteiger partial charge in [-0.15, -0.1) is 0 Å². The molecule has 5 heteroatoms. The van der Waals surface area contributed by atoms with E-state index in [1.165, 1.54) is 0 Å². The molecule has 0 aromatic carbocycles. The average molecular weight is 228 g/mol. The number of carbonyl (C=O) groups excluding carboxylic acids is 2. The van der Waals surface area contributed by atoms with Crippen molar-refractivity contribution in [2.24, 2.45) is 0 Å². The summed E-state index contributed by atoms with van der Waals surface area (Å²) in [5.74, 6) is -0.418. The van der Waals surface area contributed by atoms with Gasteiger partial charge in [-0.05, 0) is 40.5 Å². The summed E-state index contributed by atoms with van der Waals surface area (Å²) in [6.07, 6.45) is 2.04. The molecule has 0 unspecified atom stereocenters. The van der Waals surface area contributed by atoms with Gasteiger partial charge < -0.3 is 15.4 Å². The molecule has 1 aliphatic carbocycles. The maximum absolute atomic E-state index is 11.5. The molecule has 0 aromatic heterocycles. The van der Waals surface area contributed by atoms with Crippen molar-refractivity contribution in [3.05, 3.63) is 0 Å². The number of esters is 1. The van der Waals surface area contributed by atoms with Crippen LogP contribution in [-0.2, 0) is 9.53 Å². The molecule has 0 heterocycles. The number of carbonyl (C=O) groups is 2. The molecule has 16 heavy (non-hydrogen) atoms. The van der Waals surface area contributed by atoms with Gasteiger partial charge in [-0.3, -0.25) is 0 Å². The Hall–Kier alpha value is -1.26. The predicted molar refractivity (Wildman–Crippen MR) is 60.0 cm³/mol. The number of ether oxygens (including phenoxy) is 1. The molecule has 2 amide bonds. The van der Waals surface area contributed by atoms with Gasteiger partial charge in [0, 0.05) is 6.04 Å². The van der Waals surface area contributed by atoms with Crippen LogP contribution in [0.1, 0.15) is 40.5 Å². The fourth-order valence-electron chi connectivity index (χ4n) is 1.10. The lowest BCUT2D eigenvalue weighted by Gasteiger charge is -2.22. The van der Waals surface area contributed by atoms with Crippen LogP contribution in [0.15, 0.2) is 0 Å². The van der Waals surface area contributed by atoms with E-state index in [9.17, 15) is 9.59 Å². The minimum Gasteiger partial charge on any atom is -0.458 e. The van der Waals surface area contributed by atoms with Crippen LogP contribution in [0.3, 0.4) is 0 Å². The van der Waals surface area contributed by atoms with E-state index in [2.05, 4.69) is 10.6 Å². The van der Waals surface area contributed by atoms with E-state index in [4.69, 9.17) is 4.74 Å². The Balaban J connectivity index is 2.29. The third-order valence-corrected chi connectivity index (χ3v) is 2.02. The minimum absolute atomic E-state index is 0.283. The monoisotopic (exact) mass is 228 g/mol. The molecule has 1 aliphatic rings. The molecule has 92 valence electrons. The van der Waals surface area contributed by atoms with Gasteiger partial charge in [0.25, 0.3) is 0 Å². The van der Waals surface area contributed by atoms with Gasteiger partial charge in [0.2, 0.25) is 0 Å². The molecule has 0 bridgehead atoms. The SMILES string of the molecule is C[C@@H](NC(=O)NC1CC1)C(=O)OC(C)(C)C. The second kappa shape index (κ2) is 4.72. The van der Waals surface area contributed by atoms with Gasteiger partial charge in [-0.25, -0.2) is 9.59 Å². The zero-order valence-corrected chi connectivity index (χ0v) is 10.3. The first kappa shape index (κ1) is 12.8. The number of rotatable bonds is 3. The first-order valence-corrected chi connectivity index (χ1v) is 5.58. The molecule has 1 saturated carbocycles. The van der Waals surface area contributed by atoms with Crippen molar-refractivity contribution in [2.45, 2.75) is 58.2 Å². The Labute approximate surface area is 95.9 Å². The summed E-state index contributed by atoms with van der Waals surface area (Å²) in [7, 11) is 0. The normalized spacial score (nSPS) is 17.5. The predicted octanol–water partition coefficient (Wildman–Crippen LogP) is 1.18. The van der Waals surface area contributed by atoms with Crippen molar-refractivity contribution in [1.29, 1.82) is 0 Å². The number of hydrogen-bond acceptors (Lipinski definition) is 3. The highest BCUT2D eigenvalue weighted by Crippen LogP contribution is 2.18. The van der Waals surface area contributed by atoms with Crippen LogP contribution in [0.2, 0.25) is 0 Å². The Morgan fingerprint density at radius 3 is 2.31 bits per heavy atom. The molecule has 0 saturated heterocycles. The number of nitrogens with one attached hydrogen (secondary N) is 2. The molecule has 5 nitrogen and oxygen atoms in total. The highest BCUT2D eigenvalue weighted by Gasteiger charge is 2.26. The quantitative estimate of drug-likeness (QED) is 0.713. The van der Waals surface area contributed by atoms with Gasteiger partial charge in [0.1, 0.15) is 11.6 Å². The average Bonchev–Trinajstić information content (AvgIpc) is 2.84. The second-order valence-electron chi connectivity index (χ2n) is 5.15. The zero-order valence-electron chi connectivity index (χ0n) is 10.3. The van der Waals surface area contributed by atoms with Gasteiger partial charge in [0.05, 0.1) is 0 Å². The molecule has 1 atom stereocenters. The molecule has 1 rings (SSSR count). The van der Waals surface area contributed by atoms with Crippen LogP contribution in [0, 0.1) is 0 Å². The van der Waals surface area contributed by atoms with Gasteiger partial charge in [-0.1, -0.05) is 0 Å². The molecule has 0 aliphatic heterocycles. The highest BCUT2D eigenvalue weighted by molar-refractivity contribution is 5.83. The van der Waals surface area contributed by atoms with Crippen molar-refractivity contribution >= 4 is 12.0 Å². The van der Waals surface area contributed by atoms with E-state index >= 15 is 0 Å². The summed E-state index contributed by atoms with van der Waals surface area (Å²) in [5, 5.41) is 5.29. The fraction of sp³-hybridized carbons (Fsp3) is 0.818. The molecule has 0 aromatic rings. The number of amides is 2. The molecular formula is C11H20N2O3. The van der Waals surface area contributed by atoms with Gasteiger partial charge >= 0.3 is 12.0 Å². The molecule has 0 spiro atoms. The molecule has 1 fully saturated rings.